The van der Waals surface area contributed by atoms with Crippen LogP contribution in [0.2, 0.25) is 0 Å². The van der Waals surface area contributed by atoms with E-state index in [0.717, 1.165) is 22.4 Å². The number of benzene rings is 7. The van der Waals surface area contributed by atoms with Gasteiger partial charge in [0.05, 0.1) is 34.3 Å². The van der Waals surface area contributed by atoms with E-state index in [2.05, 4.69) is 146 Å². The molecule has 0 fully saturated rings. The van der Waals surface area contributed by atoms with Crippen molar-refractivity contribution in [3.63, 3.8) is 0 Å². The van der Waals surface area contributed by atoms with E-state index in [0.29, 0.717) is 0 Å². The summed E-state index contributed by atoms with van der Waals surface area (Å²) in [6.07, 6.45) is 0. The number of rotatable bonds is 2. The summed E-state index contributed by atoms with van der Waals surface area (Å²) in [5, 5.41) is 4.86. The molecule has 7 aromatic carbocycles. The van der Waals surface area contributed by atoms with Crippen LogP contribution in [0, 0.1) is 0 Å². The first kappa shape index (κ1) is 23.9. The third-order valence-electron chi connectivity index (χ3n) is 9.76. The molecule has 2 bridgehead atoms. The zero-order chi connectivity index (χ0) is 28.8. The van der Waals surface area contributed by atoms with Gasteiger partial charge in [0.1, 0.15) is 0 Å². The lowest BCUT2D eigenvalue weighted by Gasteiger charge is -2.40. The molecule has 204 valence electrons. The Kier molecular flexibility index (Phi) is 4.86. The maximum Gasteiger partial charge on any atom is 0.0897 e. The Bertz CT molecular complexity index is 2230. The number of nitrogens with zero attached hydrogens (tertiary/aromatic N) is 2. The van der Waals surface area contributed by atoms with Crippen LogP contribution in [0.5, 0.6) is 0 Å². The molecule has 0 spiro atoms. The van der Waals surface area contributed by atoms with Crippen LogP contribution >= 0.6 is 0 Å². The minimum absolute atomic E-state index is 0.115. The van der Waals surface area contributed by atoms with Crippen molar-refractivity contribution >= 4 is 32.6 Å². The summed E-state index contributed by atoms with van der Waals surface area (Å²) in [6, 6.07) is 52.9. The summed E-state index contributed by atoms with van der Waals surface area (Å²) < 4.78 is 0. The highest BCUT2D eigenvalue weighted by atomic mass is 14.9. The molecule has 3 aliphatic rings. The molecule has 1 heterocycles. The van der Waals surface area contributed by atoms with Crippen molar-refractivity contribution in [2.75, 3.05) is 0 Å². The molecule has 0 unspecified atom stereocenters. The molecule has 2 nitrogen and oxygen atoms in total. The van der Waals surface area contributed by atoms with Crippen molar-refractivity contribution in [2.24, 2.45) is 0 Å². The third-order valence-corrected chi connectivity index (χ3v) is 9.76. The van der Waals surface area contributed by atoms with E-state index in [-0.39, 0.29) is 11.8 Å². The summed E-state index contributed by atoms with van der Waals surface area (Å²) in [7, 11) is 0. The molecule has 0 atom stereocenters. The molecule has 0 saturated heterocycles. The van der Waals surface area contributed by atoms with Crippen molar-refractivity contribution in [3.8, 4) is 22.3 Å². The van der Waals surface area contributed by atoms with Crippen molar-refractivity contribution < 1.29 is 0 Å². The Hall–Kier alpha value is -5.60. The summed E-state index contributed by atoms with van der Waals surface area (Å²) in [5.41, 5.74) is 14.5. The van der Waals surface area contributed by atoms with Gasteiger partial charge in [-0.05, 0) is 90.3 Å². The first-order valence-corrected chi connectivity index (χ1v) is 15.3. The molecule has 0 radical (unpaired) electrons. The van der Waals surface area contributed by atoms with Gasteiger partial charge in [0.25, 0.3) is 0 Å². The second-order valence-corrected chi connectivity index (χ2v) is 12.1. The molecule has 0 amide bonds. The molecule has 0 N–H and O–H groups in total. The van der Waals surface area contributed by atoms with Crippen LogP contribution in [0.3, 0.4) is 0 Å². The fraction of sp³-hybridized carbons (Fsp3) is 0.0476. The largest absolute Gasteiger partial charge is 0.248 e. The number of hydrogen-bond donors (Lipinski definition) is 0. The molecule has 44 heavy (non-hydrogen) atoms. The first-order valence-electron chi connectivity index (χ1n) is 15.3. The van der Waals surface area contributed by atoms with Gasteiger partial charge in [0, 0.05) is 0 Å². The topological polar surface area (TPSA) is 25.8 Å². The van der Waals surface area contributed by atoms with E-state index in [1.165, 1.54) is 66.1 Å². The average molecular weight is 559 g/mol. The molecular formula is C42H26N2. The van der Waals surface area contributed by atoms with Crippen LogP contribution in [-0.2, 0) is 0 Å². The van der Waals surface area contributed by atoms with Gasteiger partial charge >= 0.3 is 0 Å². The smallest absolute Gasteiger partial charge is 0.0897 e. The number of fused-ring (bicyclic) bond motifs is 3. The Labute approximate surface area is 255 Å². The molecule has 3 aliphatic carbocycles. The number of aromatic nitrogens is 2. The maximum atomic E-state index is 5.41. The Morgan fingerprint density at radius 3 is 1.11 bits per heavy atom. The predicted octanol–water partition coefficient (Wildman–Crippen LogP) is 10.3. The van der Waals surface area contributed by atoms with Gasteiger partial charge in [0.2, 0.25) is 0 Å². The lowest BCUT2D eigenvalue weighted by Crippen LogP contribution is -2.29. The fourth-order valence-corrected chi connectivity index (χ4v) is 7.83. The SMILES string of the molecule is c1ccc(-c2ccc(-c3ccccc3)c3cc4cc5nc6c(nc5cc4cc23)C2c3ccccc3C6c3ccccc32)cc1. The zero-order valence-electron chi connectivity index (χ0n) is 23.9. The van der Waals surface area contributed by atoms with E-state index in [1.54, 1.807) is 0 Å². The second-order valence-electron chi connectivity index (χ2n) is 12.1. The minimum Gasteiger partial charge on any atom is -0.248 e. The summed E-state index contributed by atoms with van der Waals surface area (Å²) in [4.78, 5) is 10.8. The second kappa shape index (κ2) is 8.95. The quantitative estimate of drug-likeness (QED) is 0.197. The summed E-state index contributed by atoms with van der Waals surface area (Å²) >= 11 is 0. The van der Waals surface area contributed by atoms with Crippen LogP contribution in [-0.4, -0.2) is 9.97 Å². The van der Waals surface area contributed by atoms with Crippen molar-refractivity contribution in [1.29, 1.82) is 0 Å². The van der Waals surface area contributed by atoms with Gasteiger partial charge in [-0.25, -0.2) is 9.97 Å². The molecular weight excluding hydrogens is 532 g/mol. The highest BCUT2D eigenvalue weighted by Crippen LogP contribution is 2.54. The van der Waals surface area contributed by atoms with Gasteiger partial charge in [0.15, 0.2) is 0 Å². The van der Waals surface area contributed by atoms with Crippen molar-refractivity contribution in [1.82, 2.24) is 9.97 Å². The number of hydrogen-bond acceptors (Lipinski definition) is 2. The normalized spacial score (nSPS) is 16.2. The highest BCUT2D eigenvalue weighted by Gasteiger charge is 2.43. The van der Waals surface area contributed by atoms with Gasteiger partial charge in [-0.1, -0.05) is 121 Å². The third kappa shape index (κ3) is 3.31. The fourth-order valence-electron chi connectivity index (χ4n) is 7.83. The van der Waals surface area contributed by atoms with Crippen molar-refractivity contribution in [2.45, 2.75) is 11.8 Å². The summed E-state index contributed by atoms with van der Waals surface area (Å²) in [6.45, 7) is 0. The lowest BCUT2D eigenvalue weighted by molar-refractivity contribution is 0.709. The van der Waals surface area contributed by atoms with Crippen LogP contribution in [0.15, 0.2) is 146 Å². The lowest BCUT2D eigenvalue weighted by atomic mass is 9.64. The average Bonchev–Trinajstić information content (AvgIpc) is 3.09. The standard InChI is InChI=1S/C42H26N2/c1-3-11-25(12-4-1)29-19-20-30(26-13-5-2-6-14-26)36-22-28-24-38-37(23-27(28)21-35(29)36)43-41-39-31-15-7-9-17-33(31)40(42(41)44-38)34-18-10-8-16-32(34)39/h1-24,39-40H. The van der Waals surface area contributed by atoms with Crippen LogP contribution in [0.4, 0.5) is 0 Å². The first-order chi connectivity index (χ1) is 21.8. The van der Waals surface area contributed by atoms with E-state index < -0.39 is 0 Å². The molecule has 0 aliphatic heterocycles. The Balaban J connectivity index is 1.24. The van der Waals surface area contributed by atoms with E-state index in [4.69, 9.17) is 9.97 Å². The summed E-state index contributed by atoms with van der Waals surface area (Å²) in [5.74, 6) is 0.231. The van der Waals surface area contributed by atoms with E-state index >= 15 is 0 Å². The van der Waals surface area contributed by atoms with E-state index in [9.17, 15) is 0 Å². The molecule has 11 rings (SSSR count). The highest BCUT2D eigenvalue weighted by molar-refractivity contribution is 6.12. The maximum absolute atomic E-state index is 5.41. The van der Waals surface area contributed by atoms with Gasteiger partial charge in [-0.2, -0.15) is 0 Å². The van der Waals surface area contributed by atoms with Gasteiger partial charge < -0.3 is 0 Å². The van der Waals surface area contributed by atoms with Crippen LogP contribution in [0.25, 0.3) is 54.8 Å². The predicted molar refractivity (Wildman–Crippen MR) is 180 cm³/mol. The molecule has 1 aromatic heterocycles. The molecule has 2 heteroatoms. The van der Waals surface area contributed by atoms with Gasteiger partial charge in [-0.15, -0.1) is 0 Å². The molecule has 8 aromatic rings. The molecule has 0 saturated carbocycles. The Morgan fingerprint density at radius 1 is 0.364 bits per heavy atom. The Morgan fingerprint density at radius 2 is 0.727 bits per heavy atom. The monoisotopic (exact) mass is 558 g/mol. The van der Waals surface area contributed by atoms with E-state index in [1.807, 2.05) is 0 Å². The minimum atomic E-state index is 0.115. The van der Waals surface area contributed by atoms with Crippen LogP contribution in [0.1, 0.15) is 45.5 Å². The zero-order valence-corrected chi connectivity index (χ0v) is 23.9. The van der Waals surface area contributed by atoms with Crippen LogP contribution < -0.4 is 0 Å². The van der Waals surface area contributed by atoms with Crippen molar-refractivity contribution in [3.05, 3.63) is 179 Å². The van der Waals surface area contributed by atoms with Gasteiger partial charge in [-0.3, -0.25) is 0 Å².